The minimum atomic E-state index is -4.42. The Labute approximate surface area is 262 Å². The molecule has 236 valence electrons. The van der Waals surface area contributed by atoms with Crippen LogP contribution in [0.25, 0.3) is 0 Å². The number of amides is 2. The highest BCUT2D eigenvalue weighted by molar-refractivity contribution is 7.92. The zero-order valence-electron chi connectivity index (χ0n) is 25.0. The van der Waals surface area contributed by atoms with E-state index in [1.54, 1.807) is 37.3 Å². The Bertz CT molecular complexity index is 1690. The highest BCUT2D eigenvalue weighted by atomic mass is 32.2. The smallest absolute Gasteiger partial charge is 0.264 e. The first kappa shape index (κ1) is 33.1. The highest BCUT2D eigenvalue weighted by Gasteiger charge is 2.35. The van der Waals surface area contributed by atoms with Gasteiger partial charge in [0, 0.05) is 25.1 Å². The van der Waals surface area contributed by atoms with E-state index < -0.39 is 46.1 Å². The molecule has 0 radical (unpaired) electrons. The number of nitrogens with one attached hydrogen (secondary N) is 1. The second-order valence-corrected chi connectivity index (χ2v) is 12.0. The molecule has 2 amide bonds. The molecule has 0 aromatic heterocycles. The molecule has 0 heterocycles. The molecule has 0 bridgehead atoms. The van der Waals surface area contributed by atoms with Crippen LogP contribution in [-0.4, -0.2) is 50.9 Å². The number of ether oxygens (including phenoxy) is 1. The maximum atomic E-state index is 14.9. The summed E-state index contributed by atoms with van der Waals surface area (Å²) < 4.78 is 63.0. The van der Waals surface area contributed by atoms with Crippen molar-refractivity contribution in [3.8, 4) is 5.75 Å². The molecule has 0 unspecified atom stereocenters. The van der Waals surface area contributed by atoms with Crippen LogP contribution in [0.5, 0.6) is 5.75 Å². The molecule has 4 aromatic carbocycles. The van der Waals surface area contributed by atoms with Gasteiger partial charge in [0.15, 0.2) is 0 Å². The van der Waals surface area contributed by atoms with Gasteiger partial charge in [-0.05, 0) is 74.0 Å². The van der Waals surface area contributed by atoms with Gasteiger partial charge in [-0.2, -0.15) is 0 Å². The first-order valence-corrected chi connectivity index (χ1v) is 15.9. The van der Waals surface area contributed by atoms with Crippen LogP contribution >= 0.6 is 0 Å². The normalized spacial score (nSPS) is 11.8. The van der Waals surface area contributed by atoms with E-state index in [1.807, 2.05) is 25.1 Å². The maximum absolute atomic E-state index is 14.9. The van der Waals surface area contributed by atoms with Gasteiger partial charge in [0.1, 0.15) is 30.0 Å². The van der Waals surface area contributed by atoms with Crippen molar-refractivity contribution in [2.24, 2.45) is 0 Å². The van der Waals surface area contributed by atoms with Gasteiger partial charge in [-0.1, -0.05) is 48.5 Å². The average Bonchev–Trinajstić information content (AvgIpc) is 3.03. The Morgan fingerprint density at radius 1 is 0.844 bits per heavy atom. The number of hydrogen-bond acceptors (Lipinski definition) is 5. The van der Waals surface area contributed by atoms with E-state index in [2.05, 4.69) is 5.32 Å². The van der Waals surface area contributed by atoms with E-state index in [0.29, 0.717) is 12.4 Å². The van der Waals surface area contributed by atoms with Crippen LogP contribution in [0.15, 0.2) is 108 Å². The molecule has 0 saturated heterocycles. The molecule has 0 aliphatic rings. The second-order valence-electron chi connectivity index (χ2n) is 10.1. The number of likely N-dealkylation sites (N-methyl/N-ethyl adjacent to an activating group) is 1. The zero-order valence-corrected chi connectivity index (χ0v) is 25.8. The lowest BCUT2D eigenvalue weighted by atomic mass is 10.0. The van der Waals surface area contributed by atoms with Crippen molar-refractivity contribution in [1.82, 2.24) is 10.2 Å². The van der Waals surface area contributed by atoms with Gasteiger partial charge in [-0.25, -0.2) is 17.2 Å². The minimum Gasteiger partial charge on any atom is -0.494 e. The lowest BCUT2D eigenvalue weighted by Gasteiger charge is -2.34. The van der Waals surface area contributed by atoms with E-state index in [4.69, 9.17) is 4.74 Å². The first-order chi connectivity index (χ1) is 21.6. The van der Waals surface area contributed by atoms with Gasteiger partial charge in [0.2, 0.25) is 11.8 Å². The molecule has 0 fully saturated rings. The van der Waals surface area contributed by atoms with Crippen molar-refractivity contribution in [1.29, 1.82) is 0 Å². The van der Waals surface area contributed by atoms with E-state index in [9.17, 15) is 26.8 Å². The topological polar surface area (TPSA) is 96.0 Å². The summed E-state index contributed by atoms with van der Waals surface area (Å²) in [7, 11) is -4.42. The fourth-order valence-corrected chi connectivity index (χ4v) is 6.21. The van der Waals surface area contributed by atoms with Gasteiger partial charge in [-0.15, -0.1) is 0 Å². The molecule has 0 aliphatic carbocycles. The molecule has 4 aromatic rings. The molecule has 8 nitrogen and oxygen atoms in total. The SMILES string of the molecule is CCNC(=O)[C@@H](Cc1ccccc1)N(Cc1ccccc1F)C(=O)CN(c1ccc(OCC)cc1)S(=O)(=O)c1ccc(F)cc1. The quantitative estimate of drug-likeness (QED) is 0.202. The summed E-state index contributed by atoms with van der Waals surface area (Å²) in [6, 6.07) is 24.2. The molecule has 4 rings (SSSR count). The van der Waals surface area contributed by atoms with Gasteiger partial charge in [-0.3, -0.25) is 13.9 Å². The molecular weight excluding hydrogens is 600 g/mol. The Morgan fingerprint density at radius 3 is 2.11 bits per heavy atom. The van der Waals surface area contributed by atoms with Crippen LogP contribution in [0.3, 0.4) is 0 Å². The van der Waals surface area contributed by atoms with Crippen molar-refractivity contribution < 1.29 is 31.5 Å². The summed E-state index contributed by atoms with van der Waals surface area (Å²) in [6.45, 7) is 3.19. The maximum Gasteiger partial charge on any atom is 0.264 e. The van der Waals surface area contributed by atoms with Crippen LogP contribution in [-0.2, 0) is 32.6 Å². The minimum absolute atomic E-state index is 0.0978. The number of halogens is 2. The van der Waals surface area contributed by atoms with E-state index in [-0.39, 0.29) is 35.7 Å². The number of hydrogen-bond donors (Lipinski definition) is 1. The number of anilines is 1. The zero-order chi connectivity index (χ0) is 32.4. The number of carbonyl (C=O) groups excluding carboxylic acids is 2. The number of carbonyl (C=O) groups is 2. The van der Waals surface area contributed by atoms with Crippen LogP contribution in [0, 0.1) is 11.6 Å². The van der Waals surface area contributed by atoms with Gasteiger partial charge in [0.05, 0.1) is 17.2 Å². The summed E-state index contributed by atoms with van der Waals surface area (Å²) >= 11 is 0. The molecule has 0 aliphatic heterocycles. The Hall–Kier alpha value is -4.77. The first-order valence-electron chi connectivity index (χ1n) is 14.5. The molecule has 11 heteroatoms. The molecule has 45 heavy (non-hydrogen) atoms. The van der Waals surface area contributed by atoms with Crippen LogP contribution in [0.2, 0.25) is 0 Å². The van der Waals surface area contributed by atoms with Crippen molar-refractivity contribution in [3.63, 3.8) is 0 Å². The van der Waals surface area contributed by atoms with Gasteiger partial charge >= 0.3 is 0 Å². The number of sulfonamides is 1. The largest absolute Gasteiger partial charge is 0.494 e. The molecule has 1 atom stereocenters. The third-order valence-electron chi connectivity index (χ3n) is 7.04. The highest BCUT2D eigenvalue weighted by Crippen LogP contribution is 2.27. The monoisotopic (exact) mass is 635 g/mol. The van der Waals surface area contributed by atoms with E-state index >= 15 is 0 Å². The molecule has 1 N–H and O–H groups in total. The third kappa shape index (κ3) is 8.45. The van der Waals surface area contributed by atoms with Gasteiger partial charge in [0.25, 0.3) is 10.0 Å². The van der Waals surface area contributed by atoms with Crippen molar-refractivity contribution in [2.75, 3.05) is 24.0 Å². The molecule has 0 saturated carbocycles. The number of nitrogens with zero attached hydrogens (tertiary/aromatic N) is 2. The van der Waals surface area contributed by atoms with Crippen molar-refractivity contribution in [3.05, 3.63) is 126 Å². The standard InChI is InChI=1S/C34H35F2N3O5S/c1-3-37-34(41)32(22-25-10-6-5-7-11-25)38(23-26-12-8-9-13-31(26)36)33(40)24-39(28-16-18-29(19-17-28)44-4-2)45(42,43)30-20-14-27(35)15-21-30/h5-21,32H,3-4,22-24H2,1-2H3,(H,37,41)/t32-/m1/s1. The van der Waals surface area contributed by atoms with E-state index in [1.165, 1.54) is 35.2 Å². The van der Waals surface area contributed by atoms with Crippen LogP contribution in [0.1, 0.15) is 25.0 Å². The van der Waals surface area contributed by atoms with Crippen LogP contribution in [0.4, 0.5) is 14.5 Å². The van der Waals surface area contributed by atoms with Crippen molar-refractivity contribution in [2.45, 2.75) is 37.8 Å². The third-order valence-corrected chi connectivity index (χ3v) is 8.82. The Balaban J connectivity index is 1.80. The number of benzene rings is 4. The van der Waals surface area contributed by atoms with Crippen LogP contribution < -0.4 is 14.4 Å². The predicted octanol–water partition coefficient (Wildman–Crippen LogP) is 5.34. The summed E-state index contributed by atoms with van der Waals surface area (Å²) in [5, 5.41) is 2.76. The fourth-order valence-electron chi connectivity index (χ4n) is 4.79. The summed E-state index contributed by atoms with van der Waals surface area (Å²) in [4.78, 5) is 28.8. The number of rotatable bonds is 14. The van der Waals surface area contributed by atoms with E-state index in [0.717, 1.165) is 34.1 Å². The molecule has 0 spiro atoms. The summed E-state index contributed by atoms with van der Waals surface area (Å²) in [5.41, 5.74) is 1.05. The Morgan fingerprint density at radius 2 is 1.49 bits per heavy atom. The lowest BCUT2D eigenvalue weighted by molar-refractivity contribution is -0.140. The lowest BCUT2D eigenvalue weighted by Crippen LogP contribution is -2.53. The Kier molecular flexibility index (Phi) is 11.3. The predicted molar refractivity (Wildman–Crippen MR) is 168 cm³/mol. The fraction of sp³-hybridized carbons (Fsp3) is 0.235. The average molecular weight is 636 g/mol. The van der Waals surface area contributed by atoms with Gasteiger partial charge < -0.3 is 15.0 Å². The summed E-state index contributed by atoms with van der Waals surface area (Å²) in [6.07, 6.45) is 0.0978. The molecular formula is C34H35F2N3O5S. The summed E-state index contributed by atoms with van der Waals surface area (Å²) in [5.74, 6) is -1.93. The van der Waals surface area contributed by atoms with Crippen molar-refractivity contribution >= 4 is 27.5 Å². The second kappa shape index (κ2) is 15.3.